The number of hydrogen-bond donors (Lipinski definition) is 2. The molecule has 1 amide bonds. The van der Waals surface area contributed by atoms with Gasteiger partial charge in [0.25, 0.3) is 0 Å². The van der Waals surface area contributed by atoms with Gasteiger partial charge in [0.15, 0.2) is 0 Å². The minimum absolute atomic E-state index is 0.150. The Bertz CT molecular complexity index is 652. The molecule has 1 saturated carbocycles. The monoisotopic (exact) mass is 415 g/mol. The fourth-order valence-corrected chi connectivity index (χ4v) is 2.89. The number of aliphatic hydroxyl groups is 1. The Balaban J connectivity index is 2.01. The zero-order valence-electron chi connectivity index (χ0n) is 14.5. The summed E-state index contributed by atoms with van der Waals surface area (Å²) in [5, 5.41) is 12.2. The Hall–Kier alpha value is -2.01. The van der Waals surface area contributed by atoms with Gasteiger partial charge in [-0.3, -0.25) is 4.79 Å². The van der Waals surface area contributed by atoms with Gasteiger partial charge < -0.3 is 19.9 Å². The van der Waals surface area contributed by atoms with Gasteiger partial charge in [-0.15, -0.1) is 0 Å². The predicted molar refractivity (Wildman–Crippen MR) is 84.2 cm³/mol. The number of halogens is 6. The van der Waals surface area contributed by atoms with Crippen molar-refractivity contribution in [2.24, 2.45) is 5.92 Å². The number of ether oxygens (including phenoxy) is 2. The molecule has 0 radical (unpaired) electrons. The van der Waals surface area contributed by atoms with Crippen LogP contribution in [0.25, 0.3) is 0 Å². The van der Waals surface area contributed by atoms with E-state index >= 15 is 0 Å². The lowest BCUT2D eigenvalue weighted by Gasteiger charge is -2.37. The number of alkyl halides is 6. The van der Waals surface area contributed by atoms with Crippen LogP contribution in [0.5, 0.6) is 5.75 Å². The molecule has 2 rings (SSSR count). The highest BCUT2D eigenvalue weighted by Gasteiger charge is 2.48. The van der Waals surface area contributed by atoms with Crippen molar-refractivity contribution < 1.29 is 45.7 Å². The maximum Gasteiger partial charge on any atom is 0.387 e. The van der Waals surface area contributed by atoms with Gasteiger partial charge in [-0.05, 0) is 23.6 Å². The summed E-state index contributed by atoms with van der Waals surface area (Å²) < 4.78 is 83.5. The van der Waals surface area contributed by atoms with E-state index in [0.717, 1.165) is 6.07 Å². The van der Waals surface area contributed by atoms with E-state index in [9.17, 15) is 36.2 Å². The van der Waals surface area contributed by atoms with Gasteiger partial charge in [0, 0.05) is 12.8 Å². The maximum absolute atomic E-state index is 12.9. The van der Waals surface area contributed by atoms with Gasteiger partial charge in [0.2, 0.25) is 11.8 Å². The van der Waals surface area contributed by atoms with Crippen molar-refractivity contribution in [1.29, 1.82) is 0 Å². The molecule has 0 unspecified atom stereocenters. The summed E-state index contributed by atoms with van der Waals surface area (Å²) in [6, 6.07) is 3.87. The molecular weight excluding hydrogens is 396 g/mol. The van der Waals surface area contributed by atoms with Crippen molar-refractivity contribution in [3.05, 3.63) is 29.8 Å². The van der Waals surface area contributed by atoms with Gasteiger partial charge in [0.1, 0.15) is 5.75 Å². The molecule has 2 atom stereocenters. The zero-order chi connectivity index (χ0) is 20.9. The molecule has 28 heavy (non-hydrogen) atoms. The molecule has 0 saturated heterocycles. The standard InChI is InChI=1S/C17H19F6NO4/c18-15(19)27-8-12(9-2-1-3-11(4-9)28-16(20)21)24-14(26)5-13(25)10-6-17(22,23)7-10/h1-4,10,12-13,15-16,25H,5-8H2,(H,24,26)/t12-,13-/m0/s1. The quantitative estimate of drug-likeness (QED) is 0.575. The molecule has 2 N–H and O–H groups in total. The number of aliphatic hydroxyl groups excluding tert-OH is 1. The smallest absolute Gasteiger partial charge is 0.387 e. The first-order chi connectivity index (χ1) is 13.1. The molecule has 11 heteroatoms. The third-order valence-corrected chi connectivity index (χ3v) is 4.27. The van der Waals surface area contributed by atoms with E-state index in [0.29, 0.717) is 0 Å². The van der Waals surface area contributed by atoms with E-state index in [4.69, 9.17) is 0 Å². The minimum Gasteiger partial charge on any atom is -0.435 e. The van der Waals surface area contributed by atoms with Gasteiger partial charge in [0.05, 0.1) is 25.2 Å². The number of amides is 1. The number of benzene rings is 1. The molecule has 0 heterocycles. The topological polar surface area (TPSA) is 67.8 Å². The molecule has 1 aliphatic rings. The van der Waals surface area contributed by atoms with E-state index in [1.807, 2.05) is 0 Å². The second kappa shape index (κ2) is 9.46. The summed E-state index contributed by atoms with van der Waals surface area (Å²) in [5.41, 5.74) is 0.150. The van der Waals surface area contributed by atoms with E-state index in [2.05, 4.69) is 14.8 Å². The Morgan fingerprint density at radius 3 is 2.46 bits per heavy atom. The van der Waals surface area contributed by atoms with Gasteiger partial charge in [-0.25, -0.2) is 8.78 Å². The van der Waals surface area contributed by atoms with Crippen LogP contribution in [-0.2, 0) is 9.53 Å². The summed E-state index contributed by atoms with van der Waals surface area (Å²) >= 11 is 0. The molecule has 1 aliphatic carbocycles. The molecule has 1 aromatic rings. The van der Waals surface area contributed by atoms with Crippen LogP contribution in [0.1, 0.15) is 30.9 Å². The SMILES string of the molecule is O=C(C[C@H](O)C1CC(F)(F)C1)N[C@@H](COC(F)F)c1cccc(OC(F)F)c1. The Kier molecular flexibility index (Phi) is 7.53. The largest absolute Gasteiger partial charge is 0.435 e. The highest BCUT2D eigenvalue weighted by molar-refractivity contribution is 5.77. The van der Waals surface area contributed by atoms with Crippen LogP contribution in [-0.4, -0.2) is 42.9 Å². The molecule has 1 fully saturated rings. The maximum atomic E-state index is 12.9. The molecule has 158 valence electrons. The molecule has 1 aromatic carbocycles. The summed E-state index contributed by atoms with van der Waals surface area (Å²) in [5.74, 6) is -4.63. The van der Waals surface area contributed by atoms with E-state index in [1.54, 1.807) is 0 Å². The van der Waals surface area contributed by atoms with Gasteiger partial charge in [-0.1, -0.05) is 12.1 Å². The fourth-order valence-electron chi connectivity index (χ4n) is 2.89. The summed E-state index contributed by atoms with van der Waals surface area (Å²) in [7, 11) is 0. The normalized spacial score (nSPS) is 18.6. The molecule has 0 aromatic heterocycles. The van der Waals surface area contributed by atoms with Crippen LogP contribution >= 0.6 is 0 Å². The lowest BCUT2D eigenvalue weighted by atomic mass is 9.76. The Labute approximate surface area is 156 Å². The van der Waals surface area contributed by atoms with Crippen molar-refractivity contribution in [2.45, 2.75) is 50.6 Å². The predicted octanol–water partition coefficient (Wildman–Crippen LogP) is 3.48. The summed E-state index contributed by atoms with van der Waals surface area (Å²) in [6.45, 7) is -6.92. The van der Waals surface area contributed by atoms with Crippen LogP contribution < -0.4 is 10.1 Å². The average Bonchev–Trinajstić information content (AvgIpc) is 2.55. The van der Waals surface area contributed by atoms with E-state index in [-0.39, 0.29) is 11.3 Å². The van der Waals surface area contributed by atoms with Crippen LogP contribution in [0.15, 0.2) is 24.3 Å². The average molecular weight is 415 g/mol. The number of nitrogens with one attached hydrogen (secondary N) is 1. The highest BCUT2D eigenvalue weighted by Crippen LogP contribution is 2.44. The lowest BCUT2D eigenvalue weighted by molar-refractivity contribution is -0.150. The van der Waals surface area contributed by atoms with Crippen molar-refractivity contribution >= 4 is 5.91 Å². The number of carbonyl (C=O) groups is 1. The molecular formula is C17H19F6NO4. The first-order valence-corrected chi connectivity index (χ1v) is 8.35. The first kappa shape index (κ1) is 22.3. The number of carbonyl (C=O) groups excluding carboxylic acids is 1. The molecule has 0 aliphatic heterocycles. The second-order valence-corrected chi connectivity index (χ2v) is 6.46. The molecule has 0 bridgehead atoms. The summed E-state index contributed by atoms with van der Waals surface area (Å²) in [4.78, 5) is 12.1. The Morgan fingerprint density at radius 1 is 1.21 bits per heavy atom. The van der Waals surface area contributed by atoms with E-state index < -0.39 is 69.0 Å². The summed E-state index contributed by atoms with van der Waals surface area (Å²) in [6.07, 6.45) is -2.90. The third kappa shape index (κ3) is 6.86. The van der Waals surface area contributed by atoms with Crippen LogP contribution in [0.2, 0.25) is 0 Å². The van der Waals surface area contributed by atoms with Crippen LogP contribution in [0, 0.1) is 5.92 Å². The molecule has 5 nitrogen and oxygen atoms in total. The van der Waals surface area contributed by atoms with Crippen molar-refractivity contribution in [1.82, 2.24) is 5.32 Å². The van der Waals surface area contributed by atoms with Gasteiger partial charge in [-0.2, -0.15) is 17.6 Å². The zero-order valence-corrected chi connectivity index (χ0v) is 14.5. The third-order valence-electron chi connectivity index (χ3n) is 4.27. The lowest BCUT2D eigenvalue weighted by Crippen LogP contribution is -2.44. The Morgan fingerprint density at radius 2 is 1.89 bits per heavy atom. The highest BCUT2D eigenvalue weighted by atomic mass is 19.3. The number of hydrogen-bond acceptors (Lipinski definition) is 4. The number of rotatable bonds is 10. The minimum atomic E-state index is -3.14. The van der Waals surface area contributed by atoms with E-state index in [1.165, 1.54) is 18.2 Å². The molecule has 0 spiro atoms. The second-order valence-electron chi connectivity index (χ2n) is 6.46. The van der Waals surface area contributed by atoms with Crippen LogP contribution in [0.3, 0.4) is 0 Å². The van der Waals surface area contributed by atoms with Crippen molar-refractivity contribution in [2.75, 3.05) is 6.61 Å². The first-order valence-electron chi connectivity index (χ1n) is 8.35. The van der Waals surface area contributed by atoms with Crippen LogP contribution in [0.4, 0.5) is 26.3 Å². The fraction of sp³-hybridized carbons (Fsp3) is 0.588. The van der Waals surface area contributed by atoms with Gasteiger partial charge >= 0.3 is 13.2 Å². The van der Waals surface area contributed by atoms with Crippen molar-refractivity contribution in [3.63, 3.8) is 0 Å². The van der Waals surface area contributed by atoms with Crippen molar-refractivity contribution in [3.8, 4) is 5.75 Å².